The minimum atomic E-state index is -0.516. The van der Waals surface area contributed by atoms with Gasteiger partial charge in [0, 0.05) is 0 Å². The first-order valence-corrected chi connectivity index (χ1v) is 8.41. The van der Waals surface area contributed by atoms with E-state index in [9.17, 15) is 14.7 Å². The number of carbonyl (C=O) groups excluding carboxylic acids is 2. The molecule has 0 bridgehead atoms. The van der Waals surface area contributed by atoms with Gasteiger partial charge in [0.05, 0.1) is 18.9 Å². The molecule has 0 saturated carbocycles. The highest BCUT2D eigenvalue weighted by Crippen LogP contribution is 2.24. The van der Waals surface area contributed by atoms with Crippen molar-refractivity contribution < 1.29 is 24.2 Å². The number of aromatic hydroxyl groups is 1. The molecule has 0 spiro atoms. The van der Waals surface area contributed by atoms with Gasteiger partial charge in [0.15, 0.2) is 6.61 Å². The number of hydrogen-bond donors (Lipinski definition) is 2. The summed E-state index contributed by atoms with van der Waals surface area (Å²) >= 11 is 0. The van der Waals surface area contributed by atoms with Gasteiger partial charge >= 0.3 is 5.97 Å². The largest absolute Gasteiger partial charge is 0.507 e. The van der Waals surface area contributed by atoms with Gasteiger partial charge < -0.3 is 14.6 Å². The number of phenols is 1. The van der Waals surface area contributed by atoms with E-state index in [4.69, 9.17) is 4.74 Å². The van der Waals surface area contributed by atoms with Crippen LogP contribution in [0.25, 0.3) is 10.8 Å². The highest BCUT2D eigenvalue weighted by atomic mass is 16.6. The molecule has 0 aliphatic carbocycles. The quantitative estimate of drug-likeness (QED) is 0.391. The van der Waals surface area contributed by atoms with Gasteiger partial charge in [-0.2, -0.15) is 5.10 Å². The second-order valence-corrected chi connectivity index (χ2v) is 5.85. The van der Waals surface area contributed by atoms with Crippen molar-refractivity contribution in [2.75, 3.05) is 13.7 Å². The van der Waals surface area contributed by atoms with Crippen molar-refractivity contribution in [2.24, 2.45) is 5.10 Å². The fourth-order valence-corrected chi connectivity index (χ4v) is 2.49. The summed E-state index contributed by atoms with van der Waals surface area (Å²) in [7, 11) is 1.29. The summed E-state index contributed by atoms with van der Waals surface area (Å²) in [5, 5.41) is 15.7. The summed E-state index contributed by atoms with van der Waals surface area (Å²) in [5.74, 6) is -0.589. The minimum absolute atomic E-state index is 0.112. The molecule has 3 aromatic rings. The van der Waals surface area contributed by atoms with Crippen LogP contribution in [0.1, 0.15) is 15.9 Å². The average Bonchev–Trinajstić information content (AvgIpc) is 2.72. The van der Waals surface area contributed by atoms with E-state index < -0.39 is 11.9 Å². The van der Waals surface area contributed by atoms with Crippen LogP contribution in [0.5, 0.6) is 11.5 Å². The van der Waals surface area contributed by atoms with Crippen LogP contribution < -0.4 is 10.2 Å². The van der Waals surface area contributed by atoms with Crippen LogP contribution in [0.15, 0.2) is 65.8 Å². The Morgan fingerprint density at radius 2 is 1.75 bits per heavy atom. The van der Waals surface area contributed by atoms with E-state index >= 15 is 0 Å². The van der Waals surface area contributed by atoms with Gasteiger partial charge in [-0.1, -0.05) is 24.3 Å². The van der Waals surface area contributed by atoms with Crippen LogP contribution in [-0.4, -0.2) is 36.9 Å². The maximum atomic E-state index is 12.3. The topological polar surface area (TPSA) is 97.2 Å². The van der Waals surface area contributed by atoms with Crippen molar-refractivity contribution in [1.29, 1.82) is 0 Å². The van der Waals surface area contributed by atoms with Gasteiger partial charge in [-0.15, -0.1) is 0 Å². The zero-order valence-corrected chi connectivity index (χ0v) is 15.1. The third kappa shape index (κ3) is 4.64. The molecule has 1 amide bonds. The maximum Gasteiger partial charge on any atom is 0.343 e. The fourth-order valence-electron chi connectivity index (χ4n) is 2.49. The number of rotatable bonds is 6. The molecule has 0 aliphatic heterocycles. The van der Waals surface area contributed by atoms with E-state index in [0.717, 1.165) is 10.8 Å². The molecular weight excluding hydrogens is 360 g/mol. The van der Waals surface area contributed by atoms with E-state index in [1.165, 1.54) is 13.3 Å². The van der Waals surface area contributed by atoms with E-state index in [1.54, 1.807) is 36.4 Å². The van der Waals surface area contributed by atoms with Gasteiger partial charge in [0.1, 0.15) is 11.5 Å². The number of nitrogens with one attached hydrogen (secondary N) is 1. The molecule has 142 valence electrons. The van der Waals surface area contributed by atoms with E-state index in [1.807, 2.05) is 24.3 Å². The molecule has 7 nitrogen and oxygen atoms in total. The first-order valence-electron chi connectivity index (χ1n) is 8.41. The molecule has 0 saturated heterocycles. The molecule has 0 atom stereocenters. The normalized spacial score (nSPS) is 10.8. The Labute approximate surface area is 161 Å². The molecule has 0 unspecified atom stereocenters. The number of nitrogens with zero attached hydrogens (tertiary/aromatic N) is 1. The van der Waals surface area contributed by atoms with Crippen molar-refractivity contribution >= 4 is 28.9 Å². The summed E-state index contributed by atoms with van der Waals surface area (Å²) < 4.78 is 9.74. The molecule has 0 heterocycles. The highest BCUT2D eigenvalue weighted by Gasteiger charge is 2.11. The summed E-state index contributed by atoms with van der Waals surface area (Å²) in [6, 6.07) is 17.4. The zero-order valence-electron chi connectivity index (χ0n) is 15.1. The van der Waals surface area contributed by atoms with Crippen LogP contribution in [0.3, 0.4) is 0 Å². The Balaban J connectivity index is 1.62. The van der Waals surface area contributed by atoms with Crippen molar-refractivity contribution in [3.63, 3.8) is 0 Å². The van der Waals surface area contributed by atoms with Crippen molar-refractivity contribution in [3.8, 4) is 11.5 Å². The van der Waals surface area contributed by atoms with Gasteiger partial charge in [0.2, 0.25) is 0 Å². The van der Waals surface area contributed by atoms with Crippen LogP contribution in [-0.2, 0) is 9.53 Å². The molecular formula is C21H18N2O5. The predicted octanol–water partition coefficient (Wildman–Crippen LogP) is 2.86. The van der Waals surface area contributed by atoms with E-state index in [0.29, 0.717) is 11.3 Å². The SMILES string of the molecule is COC(=O)COc1ccc(C=NNC(=O)c2cc3ccccc3cc2O)cc1. The third-order valence-corrected chi connectivity index (χ3v) is 3.95. The summed E-state index contributed by atoms with van der Waals surface area (Å²) in [6.07, 6.45) is 1.46. The monoisotopic (exact) mass is 378 g/mol. The lowest BCUT2D eigenvalue weighted by Gasteiger charge is -2.06. The predicted molar refractivity (Wildman–Crippen MR) is 105 cm³/mol. The lowest BCUT2D eigenvalue weighted by Crippen LogP contribution is -2.17. The Morgan fingerprint density at radius 1 is 1.07 bits per heavy atom. The standard InChI is InChI=1S/C21H18N2O5/c1-27-20(25)13-28-17-8-6-14(7-9-17)12-22-23-21(26)18-10-15-4-2-3-5-16(15)11-19(18)24/h2-12,24H,13H2,1H3,(H,23,26). The number of methoxy groups -OCH3 is 1. The molecule has 3 aromatic carbocycles. The van der Waals surface area contributed by atoms with Crippen molar-refractivity contribution in [1.82, 2.24) is 5.43 Å². The van der Waals surface area contributed by atoms with E-state index in [2.05, 4.69) is 15.3 Å². The number of hydrazone groups is 1. The maximum absolute atomic E-state index is 12.3. The number of phenolic OH excluding ortho intramolecular Hbond substituents is 1. The Bertz CT molecular complexity index is 1030. The molecule has 3 rings (SSSR count). The Morgan fingerprint density at radius 3 is 2.43 bits per heavy atom. The summed E-state index contributed by atoms with van der Waals surface area (Å²) in [4.78, 5) is 23.3. The van der Waals surface area contributed by atoms with Crippen LogP contribution in [0, 0.1) is 0 Å². The zero-order chi connectivity index (χ0) is 19.9. The third-order valence-electron chi connectivity index (χ3n) is 3.95. The molecule has 0 aliphatic rings. The molecule has 0 radical (unpaired) electrons. The van der Waals surface area contributed by atoms with Gasteiger partial charge in [-0.3, -0.25) is 4.79 Å². The Kier molecular flexibility index (Phi) is 5.86. The molecule has 28 heavy (non-hydrogen) atoms. The van der Waals surface area contributed by atoms with Gasteiger partial charge in [0.25, 0.3) is 5.91 Å². The van der Waals surface area contributed by atoms with Gasteiger partial charge in [-0.05, 0) is 52.7 Å². The number of fused-ring (bicyclic) bond motifs is 1. The second-order valence-electron chi connectivity index (χ2n) is 5.85. The molecule has 2 N–H and O–H groups in total. The van der Waals surface area contributed by atoms with Crippen LogP contribution in [0.2, 0.25) is 0 Å². The number of hydrogen-bond acceptors (Lipinski definition) is 6. The van der Waals surface area contributed by atoms with Gasteiger partial charge in [-0.25, -0.2) is 10.2 Å². The second kappa shape index (κ2) is 8.68. The van der Waals surface area contributed by atoms with Crippen LogP contribution >= 0.6 is 0 Å². The molecule has 0 fully saturated rings. The smallest absolute Gasteiger partial charge is 0.343 e. The number of amides is 1. The van der Waals surface area contributed by atoms with Crippen molar-refractivity contribution in [3.05, 3.63) is 71.8 Å². The average molecular weight is 378 g/mol. The number of esters is 1. The minimum Gasteiger partial charge on any atom is -0.507 e. The highest BCUT2D eigenvalue weighted by molar-refractivity contribution is 6.01. The van der Waals surface area contributed by atoms with Crippen LogP contribution in [0.4, 0.5) is 0 Å². The first kappa shape index (κ1) is 18.9. The number of benzene rings is 3. The summed E-state index contributed by atoms with van der Waals surface area (Å²) in [5.41, 5.74) is 3.25. The number of ether oxygens (including phenoxy) is 2. The first-order chi connectivity index (χ1) is 13.6. The molecule has 7 heteroatoms. The molecule has 0 aromatic heterocycles. The lowest BCUT2D eigenvalue weighted by atomic mass is 10.1. The lowest BCUT2D eigenvalue weighted by molar-refractivity contribution is -0.142. The van der Waals surface area contributed by atoms with E-state index in [-0.39, 0.29) is 17.9 Å². The fraction of sp³-hybridized carbons (Fsp3) is 0.0952. The van der Waals surface area contributed by atoms with Crippen molar-refractivity contribution in [2.45, 2.75) is 0 Å². The summed E-state index contributed by atoms with van der Waals surface area (Å²) in [6.45, 7) is -0.171. The Hall–Kier alpha value is -3.87. The number of carbonyl (C=O) groups is 2.